The van der Waals surface area contributed by atoms with Gasteiger partial charge in [-0.3, -0.25) is 0 Å². The second kappa shape index (κ2) is 9.50. The molecule has 0 aliphatic rings. The Kier molecular flexibility index (Phi) is 6.71. The zero-order chi connectivity index (χ0) is 27.1. The number of hydrogen-bond acceptors (Lipinski definition) is 4. The van der Waals surface area contributed by atoms with Crippen LogP contribution in [0.1, 0.15) is 5.69 Å². The third-order valence-electron chi connectivity index (χ3n) is 4.91. The molecule has 15 heteroatoms. The number of hydrogen-bond donors (Lipinski definition) is 1. The molecule has 1 N–H and O–H groups in total. The first kappa shape index (κ1) is 26.1. The summed E-state index contributed by atoms with van der Waals surface area (Å²) in [5.74, 6) is -4.72. The standard InChI is InChI=1S/C22H11ClF8N4O2/c1-36-20(22(29,30)31)33-17-16(15-13(23)6-3-7-14(15)25)34-37-18(17)12-9-32-35(19(12)21(26,27)28)11-5-2-4-10(24)8-11/h2-9H,1H3/p+1. The Hall–Kier alpha value is -3.94. The van der Waals surface area contributed by atoms with E-state index < -0.39 is 63.8 Å². The largest absolute Gasteiger partial charge is 0.481 e. The Morgan fingerprint density at radius 1 is 1.08 bits per heavy atom. The summed E-state index contributed by atoms with van der Waals surface area (Å²) in [6.45, 7) is 0. The SMILES string of the molecule is COC(=Nc1c(-c2c(F)cccc2Cl)noc1-c1c[nH][n+](-c2cccc(F)c2)c1C(F)(F)F)C(F)(F)F. The lowest BCUT2D eigenvalue weighted by Gasteiger charge is -2.09. The average molecular weight is 552 g/mol. The van der Waals surface area contributed by atoms with Crippen molar-refractivity contribution < 1.29 is 49.1 Å². The maximum absolute atomic E-state index is 14.6. The summed E-state index contributed by atoms with van der Waals surface area (Å²) in [4.78, 5) is 3.30. The van der Waals surface area contributed by atoms with E-state index in [9.17, 15) is 35.1 Å². The highest BCUT2D eigenvalue weighted by Gasteiger charge is 2.49. The van der Waals surface area contributed by atoms with Crippen LogP contribution in [-0.4, -0.2) is 29.4 Å². The van der Waals surface area contributed by atoms with Crippen molar-refractivity contribution in [3.05, 3.63) is 71.0 Å². The molecule has 0 unspecified atom stereocenters. The lowest BCUT2D eigenvalue weighted by Crippen LogP contribution is -2.40. The van der Waals surface area contributed by atoms with Crippen LogP contribution in [0, 0.1) is 11.6 Å². The van der Waals surface area contributed by atoms with E-state index in [-0.39, 0.29) is 10.7 Å². The number of alkyl halides is 6. The van der Waals surface area contributed by atoms with Gasteiger partial charge in [0.15, 0.2) is 0 Å². The van der Waals surface area contributed by atoms with Gasteiger partial charge in [0.25, 0.3) is 5.90 Å². The van der Waals surface area contributed by atoms with Crippen molar-refractivity contribution in [1.82, 2.24) is 10.3 Å². The Morgan fingerprint density at radius 3 is 2.38 bits per heavy atom. The summed E-state index contributed by atoms with van der Waals surface area (Å²) in [7, 11) is 0.630. The molecule has 4 aromatic rings. The van der Waals surface area contributed by atoms with E-state index in [4.69, 9.17) is 16.1 Å². The molecular weight excluding hydrogens is 540 g/mol. The van der Waals surface area contributed by atoms with Crippen LogP contribution in [0.2, 0.25) is 5.02 Å². The molecule has 0 fully saturated rings. The predicted molar refractivity (Wildman–Crippen MR) is 113 cm³/mol. The monoisotopic (exact) mass is 551 g/mol. The van der Waals surface area contributed by atoms with Crippen LogP contribution in [-0.2, 0) is 10.9 Å². The number of H-pyrrole nitrogens is 1. The fourth-order valence-electron chi connectivity index (χ4n) is 3.43. The van der Waals surface area contributed by atoms with Crippen LogP contribution < -0.4 is 4.68 Å². The number of nitrogens with one attached hydrogen (secondary N) is 1. The highest BCUT2D eigenvalue weighted by molar-refractivity contribution is 6.33. The maximum Gasteiger partial charge on any atom is 0.481 e. The summed E-state index contributed by atoms with van der Waals surface area (Å²) in [5, 5.41) is 5.42. The zero-order valence-electron chi connectivity index (χ0n) is 18.2. The number of rotatable bonds is 4. The average Bonchev–Trinajstić information content (AvgIpc) is 3.41. The molecule has 2 aromatic carbocycles. The van der Waals surface area contributed by atoms with Gasteiger partial charge in [-0.15, -0.1) is 0 Å². The molecule has 0 bridgehead atoms. The molecule has 0 aliphatic heterocycles. The van der Waals surface area contributed by atoms with Gasteiger partial charge in [0.2, 0.25) is 11.4 Å². The number of halogens is 9. The zero-order valence-corrected chi connectivity index (χ0v) is 18.9. The summed E-state index contributed by atoms with van der Waals surface area (Å²) in [5.41, 5.74) is -4.89. The minimum atomic E-state index is -5.19. The van der Waals surface area contributed by atoms with Crippen LogP contribution in [0.3, 0.4) is 0 Å². The molecular formula is C22H12ClF8N4O2+. The Morgan fingerprint density at radius 2 is 1.78 bits per heavy atom. The smallest absolute Gasteiger partial charge is 0.478 e. The number of aliphatic imine (C=N–C) groups is 1. The van der Waals surface area contributed by atoms with Crippen LogP contribution >= 0.6 is 11.6 Å². The first-order valence-electron chi connectivity index (χ1n) is 9.93. The number of methoxy groups -OCH3 is 1. The molecule has 0 amide bonds. The minimum absolute atomic E-state index is 0.298. The quantitative estimate of drug-likeness (QED) is 0.131. The van der Waals surface area contributed by atoms with Gasteiger partial charge in [-0.25, -0.2) is 13.8 Å². The topological polar surface area (TPSA) is 67.3 Å². The summed E-state index contributed by atoms with van der Waals surface area (Å²) in [6, 6.07) is 7.35. The molecule has 0 spiro atoms. The Balaban J connectivity index is 2.06. The first-order chi connectivity index (χ1) is 17.3. The molecule has 0 atom stereocenters. The van der Waals surface area contributed by atoms with Gasteiger partial charge in [0.1, 0.15) is 28.6 Å². The number of ether oxygens (including phenoxy) is 1. The molecule has 37 heavy (non-hydrogen) atoms. The summed E-state index contributed by atoms with van der Waals surface area (Å²) in [6.07, 6.45) is -9.61. The molecule has 4 rings (SSSR count). The Labute approximate surface area is 206 Å². The minimum Gasteiger partial charge on any atom is -0.478 e. The van der Waals surface area contributed by atoms with E-state index in [0.29, 0.717) is 11.8 Å². The molecule has 2 heterocycles. The fraction of sp³-hybridized carbons (Fsp3) is 0.136. The van der Waals surface area contributed by atoms with E-state index in [1.165, 1.54) is 12.1 Å². The van der Waals surface area contributed by atoms with Crippen molar-refractivity contribution in [3.63, 3.8) is 0 Å². The van der Waals surface area contributed by atoms with Crippen LogP contribution in [0.4, 0.5) is 40.8 Å². The van der Waals surface area contributed by atoms with Gasteiger partial charge < -0.3 is 9.26 Å². The fourth-order valence-corrected chi connectivity index (χ4v) is 3.69. The third kappa shape index (κ3) is 5.01. The van der Waals surface area contributed by atoms with Gasteiger partial charge in [-0.1, -0.05) is 33.6 Å². The number of aromatic nitrogens is 3. The number of aromatic amines is 1. The van der Waals surface area contributed by atoms with E-state index in [1.807, 2.05) is 0 Å². The molecule has 6 nitrogen and oxygen atoms in total. The van der Waals surface area contributed by atoms with Gasteiger partial charge in [-0.2, -0.15) is 31.4 Å². The molecule has 0 saturated heterocycles. The lowest BCUT2D eigenvalue weighted by molar-refractivity contribution is -0.675. The van der Waals surface area contributed by atoms with Crippen LogP contribution in [0.15, 0.2) is 58.2 Å². The second-order valence-corrected chi connectivity index (χ2v) is 7.68. The third-order valence-corrected chi connectivity index (χ3v) is 5.23. The Bertz CT molecular complexity index is 1470. The van der Waals surface area contributed by atoms with E-state index in [1.54, 1.807) is 0 Å². The molecule has 0 saturated carbocycles. The first-order valence-corrected chi connectivity index (χ1v) is 10.3. The van der Waals surface area contributed by atoms with Crippen molar-refractivity contribution in [2.24, 2.45) is 4.99 Å². The summed E-state index contributed by atoms with van der Waals surface area (Å²) < 4.78 is 121. The van der Waals surface area contributed by atoms with E-state index in [2.05, 4.69) is 20.0 Å². The van der Waals surface area contributed by atoms with Gasteiger partial charge >= 0.3 is 18.0 Å². The lowest BCUT2D eigenvalue weighted by atomic mass is 10.1. The molecule has 2 aromatic heterocycles. The molecule has 0 radical (unpaired) electrons. The van der Waals surface area contributed by atoms with Crippen molar-refractivity contribution >= 4 is 23.2 Å². The van der Waals surface area contributed by atoms with Crippen molar-refractivity contribution in [2.75, 3.05) is 7.11 Å². The van der Waals surface area contributed by atoms with Crippen LogP contribution in [0.5, 0.6) is 0 Å². The van der Waals surface area contributed by atoms with Gasteiger partial charge in [-0.05, 0) is 18.2 Å². The van der Waals surface area contributed by atoms with Crippen molar-refractivity contribution in [3.8, 4) is 28.3 Å². The number of benzene rings is 2. The van der Waals surface area contributed by atoms with E-state index >= 15 is 0 Å². The summed E-state index contributed by atoms with van der Waals surface area (Å²) >= 11 is 6.01. The van der Waals surface area contributed by atoms with Crippen molar-refractivity contribution in [2.45, 2.75) is 12.4 Å². The molecule has 194 valence electrons. The van der Waals surface area contributed by atoms with E-state index in [0.717, 1.165) is 36.5 Å². The van der Waals surface area contributed by atoms with Gasteiger partial charge in [0.05, 0.1) is 23.9 Å². The number of nitrogens with zero attached hydrogens (tertiary/aromatic N) is 3. The highest BCUT2D eigenvalue weighted by atomic mass is 35.5. The second-order valence-electron chi connectivity index (χ2n) is 7.27. The van der Waals surface area contributed by atoms with Crippen molar-refractivity contribution in [1.29, 1.82) is 0 Å². The van der Waals surface area contributed by atoms with Gasteiger partial charge in [0, 0.05) is 12.1 Å². The maximum atomic E-state index is 14.6. The predicted octanol–water partition coefficient (Wildman–Crippen LogP) is 6.80. The highest BCUT2D eigenvalue weighted by Crippen LogP contribution is 2.46. The molecule has 0 aliphatic carbocycles. The van der Waals surface area contributed by atoms with Crippen LogP contribution in [0.25, 0.3) is 28.3 Å². The normalized spacial score (nSPS) is 12.8.